The Morgan fingerprint density at radius 2 is 2.00 bits per heavy atom. The molecule has 0 unspecified atom stereocenters. The van der Waals surface area contributed by atoms with Crippen LogP contribution in [0.5, 0.6) is 5.75 Å². The fourth-order valence-corrected chi connectivity index (χ4v) is 4.28. The number of aromatic nitrogens is 1. The van der Waals surface area contributed by atoms with Gasteiger partial charge in [0.05, 0.1) is 18.8 Å². The van der Waals surface area contributed by atoms with Crippen LogP contribution in [0.4, 0.5) is 0 Å². The van der Waals surface area contributed by atoms with Gasteiger partial charge in [-0.05, 0) is 50.1 Å². The van der Waals surface area contributed by atoms with Crippen LogP contribution in [0.15, 0.2) is 48.5 Å². The summed E-state index contributed by atoms with van der Waals surface area (Å²) in [5, 5.41) is 0.965. The highest BCUT2D eigenvalue weighted by atomic mass is 32.1. The van der Waals surface area contributed by atoms with Gasteiger partial charge in [0, 0.05) is 22.5 Å². The van der Waals surface area contributed by atoms with Gasteiger partial charge in [-0.25, -0.2) is 4.98 Å². The zero-order valence-electron chi connectivity index (χ0n) is 15.7. The molecule has 3 aromatic rings. The van der Waals surface area contributed by atoms with Gasteiger partial charge in [-0.2, -0.15) is 0 Å². The van der Waals surface area contributed by atoms with E-state index in [0.717, 1.165) is 40.5 Å². The van der Waals surface area contributed by atoms with Gasteiger partial charge < -0.3 is 9.64 Å². The first-order chi connectivity index (χ1) is 13.1. The van der Waals surface area contributed by atoms with Crippen molar-refractivity contribution < 1.29 is 9.53 Å². The van der Waals surface area contributed by atoms with Crippen molar-refractivity contribution in [3.8, 4) is 16.3 Å². The number of thiazole rings is 1. The number of carbonyl (C=O) groups excluding carboxylic acids is 1. The normalized spacial score (nSPS) is 16.1. The van der Waals surface area contributed by atoms with E-state index in [0.29, 0.717) is 5.56 Å². The number of ether oxygens (including phenoxy) is 1. The molecule has 4 rings (SSSR count). The van der Waals surface area contributed by atoms with E-state index in [2.05, 4.69) is 18.0 Å². The van der Waals surface area contributed by atoms with Gasteiger partial charge in [0.2, 0.25) is 0 Å². The van der Waals surface area contributed by atoms with Crippen molar-refractivity contribution in [2.75, 3.05) is 13.7 Å². The van der Waals surface area contributed by atoms with Crippen LogP contribution in [-0.4, -0.2) is 29.4 Å². The van der Waals surface area contributed by atoms with Gasteiger partial charge in [-0.1, -0.05) is 24.3 Å². The average molecular weight is 378 g/mol. The number of amides is 1. The molecule has 1 aliphatic heterocycles. The molecule has 1 aromatic heterocycles. The van der Waals surface area contributed by atoms with E-state index in [-0.39, 0.29) is 11.9 Å². The molecule has 1 aliphatic rings. The van der Waals surface area contributed by atoms with Gasteiger partial charge in [-0.15, -0.1) is 11.3 Å². The van der Waals surface area contributed by atoms with Crippen LogP contribution < -0.4 is 4.74 Å². The van der Waals surface area contributed by atoms with E-state index in [1.165, 1.54) is 4.88 Å². The zero-order chi connectivity index (χ0) is 19.0. The van der Waals surface area contributed by atoms with Crippen LogP contribution in [0.2, 0.25) is 0 Å². The summed E-state index contributed by atoms with van der Waals surface area (Å²) in [4.78, 5) is 20.9. The molecule has 1 fully saturated rings. The predicted octanol–water partition coefficient (Wildman–Crippen LogP) is 5.02. The molecule has 0 N–H and O–H groups in total. The fourth-order valence-electron chi connectivity index (χ4n) is 3.37. The number of likely N-dealkylation sites (tertiary alicyclic amines) is 1. The molecule has 0 radical (unpaired) electrons. The van der Waals surface area contributed by atoms with Gasteiger partial charge in [0.1, 0.15) is 10.8 Å². The lowest BCUT2D eigenvalue weighted by atomic mass is 9.93. The summed E-state index contributed by atoms with van der Waals surface area (Å²) in [7, 11) is 1.66. The first kappa shape index (κ1) is 17.7. The highest BCUT2D eigenvalue weighted by Gasteiger charge is 2.34. The molecule has 27 heavy (non-hydrogen) atoms. The molecule has 0 aliphatic carbocycles. The van der Waals surface area contributed by atoms with Crippen molar-refractivity contribution in [1.82, 2.24) is 9.88 Å². The second-order valence-corrected chi connectivity index (χ2v) is 8.02. The van der Waals surface area contributed by atoms with Gasteiger partial charge in [-0.3, -0.25) is 4.79 Å². The van der Waals surface area contributed by atoms with Crippen LogP contribution in [0.25, 0.3) is 10.6 Å². The van der Waals surface area contributed by atoms with Gasteiger partial charge in [0.15, 0.2) is 0 Å². The number of benzene rings is 2. The average Bonchev–Trinajstić information content (AvgIpc) is 3.00. The van der Waals surface area contributed by atoms with E-state index in [1.807, 2.05) is 54.3 Å². The van der Waals surface area contributed by atoms with Gasteiger partial charge >= 0.3 is 0 Å². The second kappa shape index (κ2) is 7.16. The summed E-state index contributed by atoms with van der Waals surface area (Å²) in [5.41, 5.74) is 3.88. The van der Waals surface area contributed by atoms with Crippen LogP contribution in [0.1, 0.15) is 39.0 Å². The quantitative estimate of drug-likeness (QED) is 0.640. The predicted molar refractivity (Wildman–Crippen MR) is 108 cm³/mol. The Hall–Kier alpha value is -2.66. The maximum absolute atomic E-state index is 13.1. The summed E-state index contributed by atoms with van der Waals surface area (Å²) in [6.45, 7) is 4.87. The molecule has 1 saturated heterocycles. The number of rotatable bonds is 4. The van der Waals surface area contributed by atoms with Crippen molar-refractivity contribution in [3.05, 3.63) is 70.2 Å². The highest BCUT2D eigenvalue weighted by Crippen LogP contribution is 2.36. The first-order valence-electron chi connectivity index (χ1n) is 9.06. The second-order valence-electron chi connectivity index (χ2n) is 6.82. The van der Waals surface area contributed by atoms with E-state index < -0.39 is 0 Å². The number of methoxy groups -OCH3 is 1. The minimum atomic E-state index is 0.0703. The Balaban J connectivity index is 1.58. The van der Waals surface area contributed by atoms with Crippen LogP contribution in [0, 0.1) is 13.8 Å². The Kier molecular flexibility index (Phi) is 4.70. The number of nitrogens with zero attached hydrogens (tertiary/aromatic N) is 2. The van der Waals surface area contributed by atoms with Crippen molar-refractivity contribution in [3.63, 3.8) is 0 Å². The summed E-state index contributed by atoms with van der Waals surface area (Å²) < 4.78 is 5.32. The highest BCUT2D eigenvalue weighted by molar-refractivity contribution is 7.15. The molecular weight excluding hydrogens is 356 g/mol. The molecule has 0 spiro atoms. The van der Waals surface area contributed by atoms with Crippen molar-refractivity contribution >= 4 is 17.2 Å². The maximum Gasteiger partial charge on any atom is 0.254 e. The topological polar surface area (TPSA) is 42.4 Å². The number of carbonyl (C=O) groups is 1. The monoisotopic (exact) mass is 378 g/mol. The lowest BCUT2D eigenvalue weighted by Gasteiger charge is -2.41. The van der Waals surface area contributed by atoms with E-state index in [1.54, 1.807) is 18.4 Å². The lowest BCUT2D eigenvalue weighted by molar-refractivity contribution is 0.0460. The lowest BCUT2D eigenvalue weighted by Crippen LogP contribution is -2.45. The smallest absolute Gasteiger partial charge is 0.254 e. The number of hydrogen-bond donors (Lipinski definition) is 0. The molecule has 2 heterocycles. The Labute approximate surface area is 163 Å². The van der Waals surface area contributed by atoms with E-state index in [4.69, 9.17) is 4.74 Å². The third kappa shape index (κ3) is 3.35. The third-order valence-electron chi connectivity index (χ3n) is 5.14. The Bertz CT molecular complexity index is 976. The minimum Gasteiger partial charge on any atom is -0.497 e. The van der Waals surface area contributed by atoms with E-state index >= 15 is 0 Å². The van der Waals surface area contributed by atoms with Crippen molar-refractivity contribution in [2.45, 2.75) is 26.3 Å². The molecular formula is C22H22N2O2S. The molecule has 4 nitrogen and oxygen atoms in total. The molecule has 138 valence electrons. The molecule has 1 amide bonds. The molecule has 5 heteroatoms. The Morgan fingerprint density at radius 3 is 2.67 bits per heavy atom. The minimum absolute atomic E-state index is 0.0703. The summed E-state index contributed by atoms with van der Waals surface area (Å²) in [5.74, 6) is 0.893. The van der Waals surface area contributed by atoms with Crippen LogP contribution >= 0.6 is 11.3 Å². The third-order valence-corrected chi connectivity index (χ3v) is 6.27. The molecule has 0 saturated carbocycles. The van der Waals surface area contributed by atoms with E-state index in [9.17, 15) is 4.79 Å². The Morgan fingerprint density at radius 1 is 1.19 bits per heavy atom. The number of aryl methyl sites for hydroxylation is 2. The van der Waals surface area contributed by atoms with Gasteiger partial charge in [0.25, 0.3) is 5.91 Å². The van der Waals surface area contributed by atoms with Crippen LogP contribution in [-0.2, 0) is 0 Å². The number of hydrogen-bond acceptors (Lipinski definition) is 4. The van der Waals surface area contributed by atoms with Crippen molar-refractivity contribution in [1.29, 1.82) is 0 Å². The first-order valence-corrected chi connectivity index (χ1v) is 9.88. The SMILES string of the molecule is COc1cccc([C@@H]2CCN2C(=O)c2cccc(-c3nc(C)c(C)s3)c2)c1. The molecule has 1 atom stereocenters. The molecule has 2 aromatic carbocycles. The summed E-state index contributed by atoms with van der Waals surface area (Å²) >= 11 is 1.67. The zero-order valence-corrected chi connectivity index (χ0v) is 16.5. The molecule has 0 bridgehead atoms. The van der Waals surface area contributed by atoms with Crippen molar-refractivity contribution in [2.24, 2.45) is 0 Å². The summed E-state index contributed by atoms with van der Waals surface area (Å²) in [6.07, 6.45) is 0.976. The summed E-state index contributed by atoms with van der Waals surface area (Å²) in [6, 6.07) is 15.9. The largest absolute Gasteiger partial charge is 0.497 e. The van der Waals surface area contributed by atoms with Crippen LogP contribution in [0.3, 0.4) is 0 Å². The standard InChI is InChI=1S/C22H22N2O2S/c1-14-15(2)27-21(23-14)17-7-4-8-18(12-17)22(25)24-11-10-20(24)16-6-5-9-19(13-16)26-3/h4-9,12-13,20H,10-11H2,1-3H3/t20-/m0/s1. The fraction of sp³-hybridized carbons (Fsp3) is 0.273. The maximum atomic E-state index is 13.1.